The molecule has 1 N–H and O–H groups in total. The van der Waals surface area contributed by atoms with Gasteiger partial charge in [0, 0.05) is 5.56 Å². The number of benzene rings is 1. The lowest BCUT2D eigenvalue weighted by molar-refractivity contribution is -0.385. The number of rotatable bonds is 4. The Bertz CT molecular complexity index is 474. The summed E-state index contributed by atoms with van der Waals surface area (Å²) >= 11 is 0. The molecular formula is C10H10FNO5. The number of hydrogen-bond donors (Lipinski definition) is 1. The number of ether oxygens (including phenoxy) is 1. The molecule has 0 heterocycles. The van der Waals surface area contributed by atoms with Gasteiger partial charge in [0.25, 0.3) is 5.69 Å². The van der Waals surface area contributed by atoms with Gasteiger partial charge in [0.05, 0.1) is 11.0 Å². The highest BCUT2D eigenvalue weighted by Crippen LogP contribution is 2.28. The quantitative estimate of drug-likeness (QED) is 0.645. The third-order valence-electron chi connectivity index (χ3n) is 2.11. The van der Waals surface area contributed by atoms with Crippen LogP contribution in [-0.4, -0.2) is 22.4 Å². The predicted molar refractivity (Wildman–Crippen MR) is 55.7 cm³/mol. The van der Waals surface area contributed by atoms with Gasteiger partial charge in [-0.05, 0) is 25.5 Å². The minimum absolute atomic E-state index is 0.155. The molecule has 17 heavy (non-hydrogen) atoms. The molecular weight excluding hydrogens is 233 g/mol. The Labute approximate surface area is 95.8 Å². The average Bonchev–Trinajstić information content (AvgIpc) is 2.21. The van der Waals surface area contributed by atoms with Gasteiger partial charge in [-0.25, -0.2) is 4.79 Å². The predicted octanol–water partition coefficient (Wildman–Crippen LogP) is 1.97. The zero-order valence-corrected chi connectivity index (χ0v) is 9.14. The molecule has 1 atom stereocenters. The number of alkyl halides is 1. The first kappa shape index (κ1) is 12.9. The van der Waals surface area contributed by atoms with Gasteiger partial charge < -0.3 is 9.84 Å². The number of hydrogen-bond acceptors (Lipinski definition) is 4. The number of aliphatic carboxylic acids is 1. The maximum absolute atomic E-state index is 12.8. The molecule has 0 saturated carbocycles. The lowest BCUT2D eigenvalue weighted by Crippen LogP contribution is -2.21. The van der Waals surface area contributed by atoms with Crippen LogP contribution in [0.4, 0.5) is 10.1 Å². The van der Waals surface area contributed by atoms with E-state index in [1.54, 1.807) is 6.92 Å². The highest BCUT2D eigenvalue weighted by molar-refractivity contribution is 5.71. The highest BCUT2D eigenvalue weighted by Gasteiger charge is 2.21. The zero-order chi connectivity index (χ0) is 13.2. The Morgan fingerprint density at radius 3 is 2.53 bits per heavy atom. The van der Waals surface area contributed by atoms with Gasteiger partial charge in [-0.3, -0.25) is 10.1 Å². The van der Waals surface area contributed by atoms with Crippen LogP contribution in [0.25, 0.3) is 0 Å². The standard InChI is InChI=1S/C10H10FNO5/c1-5-3-6(2)8(4-7(5)12(15)16)17-9(11)10(13)14/h3-4,9H,1-2H3,(H,13,14). The first-order chi connectivity index (χ1) is 7.82. The average molecular weight is 243 g/mol. The largest absolute Gasteiger partial charge is 0.476 e. The van der Waals surface area contributed by atoms with E-state index in [2.05, 4.69) is 4.74 Å². The van der Waals surface area contributed by atoms with Crippen molar-refractivity contribution in [2.75, 3.05) is 0 Å². The Hall–Kier alpha value is -2.18. The minimum atomic E-state index is -2.55. The second kappa shape index (κ2) is 4.77. The number of halogens is 1. The Morgan fingerprint density at radius 2 is 2.06 bits per heavy atom. The van der Waals surface area contributed by atoms with Crippen LogP contribution in [0.2, 0.25) is 0 Å². The topological polar surface area (TPSA) is 89.7 Å². The van der Waals surface area contributed by atoms with Crippen LogP contribution in [0.5, 0.6) is 5.75 Å². The summed E-state index contributed by atoms with van der Waals surface area (Å²) in [6, 6.07) is 2.45. The Kier molecular flexibility index (Phi) is 3.62. The van der Waals surface area contributed by atoms with Crippen LogP contribution >= 0.6 is 0 Å². The number of carboxylic acid groups (broad SMARTS) is 1. The number of nitro groups is 1. The van der Waals surface area contributed by atoms with Crippen molar-refractivity contribution in [3.63, 3.8) is 0 Å². The Morgan fingerprint density at radius 1 is 1.47 bits per heavy atom. The zero-order valence-electron chi connectivity index (χ0n) is 9.14. The fourth-order valence-corrected chi connectivity index (χ4v) is 1.31. The van der Waals surface area contributed by atoms with Gasteiger partial charge in [0.2, 0.25) is 0 Å². The normalized spacial score (nSPS) is 11.9. The number of carboxylic acids is 1. The molecule has 0 aliphatic carbocycles. The van der Waals surface area contributed by atoms with Crippen molar-refractivity contribution in [2.45, 2.75) is 20.2 Å². The van der Waals surface area contributed by atoms with Gasteiger partial charge in [0.1, 0.15) is 5.75 Å². The summed E-state index contributed by atoms with van der Waals surface area (Å²) in [5.74, 6) is -1.94. The number of nitro benzene ring substituents is 1. The number of carbonyl (C=O) groups is 1. The van der Waals surface area contributed by atoms with Crippen LogP contribution in [0.3, 0.4) is 0 Å². The van der Waals surface area contributed by atoms with Gasteiger partial charge >= 0.3 is 12.3 Å². The van der Waals surface area contributed by atoms with Crippen LogP contribution in [0, 0.1) is 24.0 Å². The lowest BCUT2D eigenvalue weighted by Gasteiger charge is -2.10. The summed E-state index contributed by atoms with van der Waals surface area (Å²) in [5, 5.41) is 19.0. The number of nitrogens with zero attached hydrogens (tertiary/aromatic N) is 1. The molecule has 0 amide bonds. The molecule has 0 fully saturated rings. The van der Waals surface area contributed by atoms with E-state index in [9.17, 15) is 19.3 Å². The summed E-state index contributed by atoms with van der Waals surface area (Å²) in [6.45, 7) is 3.07. The minimum Gasteiger partial charge on any atom is -0.476 e. The van der Waals surface area contributed by atoms with Crippen molar-refractivity contribution in [3.05, 3.63) is 33.4 Å². The Balaban J connectivity index is 3.12. The second-order valence-electron chi connectivity index (χ2n) is 3.43. The van der Waals surface area contributed by atoms with E-state index in [0.717, 1.165) is 6.07 Å². The lowest BCUT2D eigenvalue weighted by atomic mass is 10.1. The molecule has 1 unspecified atom stereocenters. The van der Waals surface area contributed by atoms with Crippen LogP contribution in [0.15, 0.2) is 12.1 Å². The molecule has 7 heteroatoms. The first-order valence-electron chi connectivity index (χ1n) is 4.62. The summed E-state index contributed by atoms with van der Waals surface area (Å²) in [6.07, 6.45) is -2.55. The summed E-state index contributed by atoms with van der Waals surface area (Å²) < 4.78 is 17.3. The van der Waals surface area contributed by atoms with Crippen molar-refractivity contribution < 1.29 is 24.0 Å². The molecule has 1 rings (SSSR count). The molecule has 6 nitrogen and oxygen atoms in total. The van der Waals surface area contributed by atoms with E-state index in [0.29, 0.717) is 11.1 Å². The summed E-state index contributed by atoms with van der Waals surface area (Å²) in [4.78, 5) is 20.3. The van der Waals surface area contributed by atoms with Crippen LogP contribution in [0.1, 0.15) is 11.1 Å². The molecule has 0 aromatic heterocycles. The molecule has 1 aromatic rings. The van der Waals surface area contributed by atoms with Gasteiger partial charge in [0.15, 0.2) is 0 Å². The summed E-state index contributed by atoms with van der Waals surface area (Å²) in [5.41, 5.74) is 0.575. The van der Waals surface area contributed by atoms with Crippen molar-refractivity contribution in [3.8, 4) is 5.75 Å². The molecule has 0 bridgehead atoms. The fraction of sp³-hybridized carbons (Fsp3) is 0.300. The van der Waals surface area contributed by atoms with Crippen LogP contribution in [-0.2, 0) is 4.79 Å². The van der Waals surface area contributed by atoms with Crippen molar-refractivity contribution in [1.29, 1.82) is 0 Å². The molecule has 0 saturated heterocycles. The smallest absolute Gasteiger partial charge is 0.378 e. The molecule has 92 valence electrons. The first-order valence-corrected chi connectivity index (χ1v) is 4.62. The molecule has 0 aliphatic heterocycles. The van der Waals surface area contributed by atoms with Crippen LogP contribution < -0.4 is 4.74 Å². The van der Waals surface area contributed by atoms with E-state index in [1.165, 1.54) is 13.0 Å². The maximum atomic E-state index is 12.8. The molecule has 1 aromatic carbocycles. The van der Waals surface area contributed by atoms with Crippen molar-refractivity contribution >= 4 is 11.7 Å². The monoisotopic (exact) mass is 243 g/mol. The SMILES string of the molecule is Cc1cc(C)c([N+](=O)[O-])cc1OC(F)C(=O)O. The molecule has 0 radical (unpaired) electrons. The maximum Gasteiger partial charge on any atom is 0.378 e. The van der Waals surface area contributed by atoms with E-state index >= 15 is 0 Å². The molecule has 0 aliphatic rings. The molecule has 0 spiro atoms. The van der Waals surface area contributed by atoms with Crippen molar-refractivity contribution in [1.82, 2.24) is 0 Å². The number of aryl methyl sites for hydroxylation is 2. The van der Waals surface area contributed by atoms with E-state index in [-0.39, 0.29) is 11.4 Å². The van der Waals surface area contributed by atoms with E-state index in [4.69, 9.17) is 5.11 Å². The van der Waals surface area contributed by atoms with Gasteiger partial charge in [-0.15, -0.1) is 0 Å². The second-order valence-corrected chi connectivity index (χ2v) is 3.43. The van der Waals surface area contributed by atoms with Crippen molar-refractivity contribution in [2.24, 2.45) is 0 Å². The van der Waals surface area contributed by atoms with Gasteiger partial charge in [-0.1, -0.05) is 0 Å². The fourth-order valence-electron chi connectivity index (χ4n) is 1.31. The van der Waals surface area contributed by atoms with Gasteiger partial charge in [-0.2, -0.15) is 4.39 Å². The third-order valence-corrected chi connectivity index (χ3v) is 2.11. The highest BCUT2D eigenvalue weighted by atomic mass is 19.1. The summed E-state index contributed by atoms with van der Waals surface area (Å²) in [7, 11) is 0. The van der Waals surface area contributed by atoms with E-state index < -0.39 is 17.3 Å². The third kappa shape index (κ3) is 2.90. The van der Waals surface area contributed by atoms with E-state index in [1.807, 2.05) is 0 Å².